The molecule has 0 aliphatic rings. The molecule has 0 saturated heterocycles. The molecule has 0 aliphatic carbocycles. The second kappa shape index (κ2) is 6.21. The number of hydrogen-bond donors (Lipinski definition) is 1. The number of carboxylic acids is 1. The first-order valence-electron chi connectivity index (χ1n) is 5.13. The van der Waals surface area contributed by atoms with Gasteiger partial charge in [-0.25, -0.2) is 4.39 Å². The summed E-state index contributed by atoms with van der Waals surface area (Å²) in [5.41, 5.74) is -0.379. The number of carboxylic acid groups (broad SMARTS) is 1. The average molecular weight is 358 g/mol. The molecule has 0 bridgehead atoms. The van der Waals surface area contributed by atoms with Crippen molar-refractivity contribution in [3.8, 4) is 0 Å². The highest BCUT2D eigenvalue weighted by atomic mass is 79.9. The largest absolute Gasteiger partial charge is 0.480 e. The lowest BCUT2D eigenvalue weighted by atomic mass is 10.2. The summed E-state index contributed by atoms with van der Waals surface area (Å²) in [6, 6.07) is 3.24. The third-order valence-electron chi connectivity index (χ3n) is 2.17. The van der Waals surface area contributed by atoms with Gasteiger partial charge in [-0.2, -0.15) is 13.2 Å². The van der Waals surface area contributed by atoms with Crippen LogP contribution in [-0.2, 0) is 4.79 Å². The Bertz CT molecular complexity index is 533. The lowest BCUT2D eigenvalue weighted by molar-refractivity contribution is -0.149. The van der Waals surface area contributed by atoms with E-state index in [1.54, 1.807) is 0 Å². The van der Waals surface area contributed by atoms with Crippen LogP contribution in [-0.4, -0.2) is 41.1 Å². The minimum Gasteiger partial charge on any atom is -0.480 e. The van der Waals surface area contributed by atoms with Gasteiger partial charge in [-0.05, 0) is 28.1 Å². The van der Waals surface area contributed by atoms with Gasteiger partial charge in [-0.15, -0.1) is 0 Å². The van der Waals surface area contributed by atoms with Crippen LogP contribution < -0.4 is 0 Å². The van der Waals surface area contributed by atoms with Crippen LogP contribution >= 0.6 is 15.9 Å². The summed E-state index contributed by atoms with van der Waals surface area (Å²) >= 11 is 2.74. The van der Waals surface area contributed by atoms with Crippen molar-refractivity contribution in [3.63, 3.8) is 0 Å². The Morgan fingerprint density at radius 1 is 1.30 bits per heavy atom. The Hall–Kier alpha value is -1.64. The molecule has 1 aromatic carbocycles. The van der Waals surface area contributed by atoms with Crippen LogP contribution in [0.1, 0.15) is 10.4 Å². The predicted molar refractivity (Wildman–Crippen MR) is 63.7 cm³/mol. The number of benzene rings is 1. The fourth-order valence-corrected chi connectivity index (χ4v) is 1.85. The first-order chi connectivity index (χ1) is 9.11. The molecule has 0 fully saturated rings. The molecular weight excluding hydrogens is 350 g/mol. The minimum atomic E-state index is -4.76. The van der Waals surface area contributed by atoms with Crippen LogP contribution in [0.25, 0.3) is 0 Å². The van der Waals surface area contributed by atoms with Crippen LogP contribution in [0, 0.1) is 5.82 Å². The van der Waals surface area contributed by atoms with Gasteiger partial charge in [0.2, 0.25) is 0 Å². The SMILES string of the molecule is O=C(O)CN(CC(F)(F)F)C(=O)c1cccc(F)c1Br. The normalized spacial score (nSPS) is 11.2. The molecule has 1 aromatic rings. The monoisotopic (exact) mass is 357 g/mol. The van der Waals surface area contributed by atoms with Gasteiger partial charge in [-0.3, -0.25) is 9.59 Å². The Morgan fingerprint density at radius 2 is 1.90 bits per heavy atom. The second-order valence-corrected chi connectivity index (χ2v) is 4.56. The molecule has 0 atom stereocenters. The molecule has 4 nitrogen and oxygen atoms in total. The maximum atomic E-state index is 13.2. The number of carbonyl (C=O) groups is 2. The molecular formula is C11H8BrF4NO3. The van der Waals surface area contributed by atoms with E-state index < -0.39 is 37.0 Å². The molecule has 1 rings (SSSR count). The van der Waals surface area contributed by atoms with Gasteiger partial charge in [0.15, 0.2) is 0 Å². The summed E-state index contributed by atoms with van der Waals surface area (Å²) in [6.45, 7) is -2.87. The third-order valence-corrected chi connectivity index (χ3v) is 2.97. The van der Waals surface area contributed by atoms with Crippen molar-refractivity contribution in [1.29, 1.82) is 0 Å². The number of rotatable bonds is 4. The van der Waals surface area contributed by atoms with E-state index >= 15 is 0 Å². The summed E-state index contributed by atoms with van der Waals surface area (Å²) in [5, 5.41) is 8.55. The summed E-state index contributed by atoms with van der Waals surface area (Å²) in [7, 11) is 0. The molecule has 9 heteroatoms. The van der Waals surface area contributed by atoms with Gasteiger partial charge in [0, 0.05) is 0 Å². The van der Waals surface area contributed by atoms with Crippen molar-refractivity contribution in [2.45, 2.75) is 6.18 Å². The Kier molecular flexibility index (Phi) is 5.09. The number of nitrogens with zero attached hydrogens (tertiary/aromatic N) is 1. The number of hydrogen-bond acceptors (Lipinski definition) is 2. The first-order valence-corrected chi connectivity index (χ1v) is 5.93. The molecule has 0 unspecified atom stereocenters. The molecule has 0 aliphatic heterocycles. The van der Waals surface area contributed by atoms with Crippen LogP contribution in [0.2, 0.25) is 0 Å². The van der Waals surface area contributed by atoms with E-state index in [-0.39, 0.29) is 14.9 Å². The summed E-state index contributed by atoms with van der Waals surface area (Å²) in [6.07, 6.45) is -4.76. The van der Waals surface area contributed by atoms with Gasteiger partial charge in [0.1, 0.15) is 18.9 Å². The van der Waals surface area contributed by atoms with E-state index in [1.165, 1.54) is 0 Å². The van der Waals surface area contributed by atoms with Crippen molar-refractivity contribution in [2.75, 3.05) is 13.1 Å². The fraction of sp³-hybridized carbons (Fsp3) is 0.273. The maximum absolute atomic E-state index is 13.2. The third kappa shape index (κ3) is 4.48. The second-order valence-electron chi connectivity index (χ2n) is 3.77. The highest BCUT2D eigenvalue weighted by Crippen LogP contribution is 2.24. The Labute approximate surface area is 119 Å². The summed E-state index contributed by atoms with van der Waals surface area (Å²) in [4.78, 5) is 22.5. The smallest absolute Gasteiger partial charge is 0.406 e. The molecule has 0 radical (unpaired) electrons. The van der Waals surface area contributed by atoms with Gasteiger partial charge in [0.05, 0.1) is 10.0 Å². The van der Waals surface area contributed by atoms with E-state index in [0.717, 1.165) is 18.2 Å². The summed E-state index contributed by atoms with van der Waals surface area (Å²) in [5.74, 6) is -3.66. The molecule has 110 valence electrons. The Morgan fingerprint density at radius 3 is 2.40 bits per heavy atom. The van der Waals surface area contributed by atoms with Crippen molar-refractivity contribution >= 4 is 27.8 Å². The molecule has 20 heavy (non-hydrogen) atoms. The number of amides is 1. The topological polar surface area (TPSA) is 57.6 Å². The van der Waals surface area contributed by atoms with E-state index in [0.29, 0.717) is 0 Å². The predicted octanol–water partition coefficient (Wildman–Crippen LogP) is 2.68. The van der Waals surface area contributed by atoms with Crippen LogP contribution in [0.15, 0.2) is 22.7 Å². The number of aliphatic carboxylic acids is 1. The Balaban J connectivity index is 3.10. The molecule has 1 N–H and O–H groups in total. The van der Waals surface area contributed by atoms with Crippen molar-refractivity contribution in [3.05, 3.63) is 34.1 Å². The van der Waals surface area contributed by atoms with Crippen molar-refractivity contribution in [1.82, 2.24) is 4.90 Å². The highest BCUT2D eigenvalue weighted by molar-refractivity contribution is 9.10. The highest BCUT2D eigenvalue weighted by Gasteiger charge is 2.35. The van der Waals surface area contributed by atoms with E-state index in [2.05, 4.69) is 15.9 Å². The molecule has 0 aromatic heterocycles. The number of alkyl halides is 3. The number of carbonyl (C=O) groups excluding carboxylic acids is 1. The van der Waals surface area contributed by atoms with Gasteiger partial charge in [-0.1, -0.05) is 6.07 Å². The maximum Gasteiger partial charge on any atom is 0.406 e. The van der Waals surface area contributed by atoms with E-state index in [9.17, 15) is 27.2 Å². The first kappa shape index (κ1) is 16.4. The van der Waals surface area contributed by atoms with Crippen LogP contribution in [0.4, 0.5) is 17.6 Å². The molecule has 1 amide bonds. The fourth-order valence-electron chi connectivity index (χ4n) is 1.42. The van der Waals surface area contributed by atoms with E-state index in [1.807, 2.05) is 0 Å². The molecule has 0 saturated carbocycles. The average Bonchev–Trinajstić information content (AvgIpc) is 2.28. The number of halogens is 5. The van der Waals surface area contributed by atoms with Crippen LogP contribution in [0.3, 0.4) is 0 Å². The quantitative estimate of drug-likeness (QED) is 0.843. The lowest BCUT2D eigenvalue weighted by Crippen LogP contribution is -2.42. The standard InChI is InChI=1S/C11H8BrF4NO3/c12-9-6(2-1-3-7(9)13)10(20)17(4-8(18)19)5-11(14,15)16/h1-3H,4-5H2,(H,18,19). The van der Waals surface area contributed by atoms with Gasteiger partial charge in [0.25, 0.3) is 5.91 Å². The lowest BCUT2D eigenvalue weighted by Gasteiger charge is -2.22. The van der Waals surface area contributed by atoms with Crippen LogP contribution in [0.5, 0.6) is 0 Å². The van der Waals surface area contributed by atoms with E-state index in [4.69, 9.17) is 5.11 Å². The van der Waals surface area contributed by atoms with Gasteiger partial charge < -0.3 is 10.0 Å². The van der Waals surface area contributed by atoms with Crippen molar-refractivity contribution in [2.24, 2.45) is 0 Å². The zero-order valence-electron chi connectivity index (χ0n) is 9.75. The summed E-state index contributed by atoms with van der Waals surface area (Å²) < 4.78 is 49.9. The zero-order valence-corrected chi connectivity index (χ0v) is 11.3. The minimum absolute atomic E-state index is 0.0852. The molecule has 0 heterocycles. The van der Waals surface area contributed by atoms with Gasteiger partial charge >= 0.3 is 12.1 Å². The zero-order chi connectivity index (χ0) is 15.5. The van der Waals surface area contributed by atoms with Crippen molar-refractivity contribution < 1.29 is 32.3 Å². The molecule has 0 spiro atoms.